The van der Waals surface area contributed by atoms with Gasteiger partial charge in [-0.05, 0) is 47.5 Å². The minimum absolute atomic E-state index is 0.190. The monoisotopic (exact) mass is 429 g/mol. The second kappa shape index (κ2) is 7.63. The number of alkyl halides is 3. The summed E-state index contributed by atoms with van der Waals surface area (Å²) in [6, 6.07) is 13.8. The van der Waals surface area contributed by atoms with Gasteiger partial charge < -0.3 is 16.4 Å². The minimum atomic E-state index is -4.87. The Morgan fingerprint density at radius 2 is 1.65 bits per heavy atom. The Kier molecular flexibility index (Phi) is 4.97. The molecule has 1 heterocycles. The van der Waals surface area contributed by atoms with Crippen LogP contribution in [-0.4, -0.2) is 16.2 Å². The molecule has 0 bridgehead atoms. The molecule has 6 nitrogen and oxygen atoms in total. The first-order valence-corrected chi connectivity index (χ1v) is 9.00. The second-order valence-corrected chi connectivity index (χ2v) is 6.69. The lowest BCUT2D eigenvalue weighted by Crippen LogP contribution is -2.20. The molecule has 0 unspecified atom stereocenters. The standard InChI is InChI=1S/C21H15F4N5O/c22-16-9-8-13(10-15(16)21(23,24)25)28-20(31)27-12-6-4-11(5-7-12)14-2-1-3-17-18(14)19(26)30-29-17/h1-10H,(H3,26,29,30)(H2,27,28,31). The van der Waals surface area contributed by atoms with Crippen LogP contribution in [0.5, 0.6) is 0 Å². The molecule has 31 heavy (non-hydrogen) atoms. The number of fused-ring (bicyclic) bond motifs is 1. The van der Waals surface area contributed by atoms with Gasteiger partial charge in [0.15, 0.2) is 5.82 Å². The zero-order chi connectivity index (χ0) is 22.2. The summed E-state index contributed by atoms with van der Waals surface area (Å²) in [6.07, 6.45) is -4.87. The molecule has 0 radical (unpaired) electrons. The normalized spacial score (nSPS) is 11.5. The molecule has 4 aromatic rings. The molecular weight excluding hydrogens is 414 g/mol. The van der Waals surface area contributed by atoms with Gasteiger partial charge in [-0.25, -0.2) is 9.18 Å². The maximum Gasteiger partial charge on any atom is 0.419 e. The fraction of sp³-hybridized carbons (Fsp3) is 0.0476. The van der Waals surface area contributed by atoms with Crippen LogP contribution in [0.1, 0.15) is 5.56 Å². The number of amides is 2. The number of nitrogens with two attached hydrogens (primary N) is 1. The van der Waals surface area contributed by atoms with Crippen molar-refractivity contribution in [3.8, 4) is 11.1 Å². The second-order valence-electron chi connectivity index (χ2n) is 6.69. The van der Waals surface area contributed by atoms with E-state index in [9.17, 15) is 22.4 Å². The van der Waals surface area contributed by atoms with E-state index in [2.05, 4.69) is 20.8 Å². The highest BCUT2D eigenvalue weighted by molar-refractivity contribution is 6.02. The van der Waals surface area contributed by atoms with Crippen LogP contribution < -0.4 is 16.4 Å². The van der Waals surface area contributed by atoms with E-state index in [1.807, 2.05) is 18.2 Å². The van der Waals surface area contributed by atoms with Gasteiger partial charge in [0.25, 0.3) is 0 Å². The first-order chi connectivity index (χ1) is 14.7. The Hall–Kier alpha value is -4.08. The van der Waals surface area contributed by atoms with Crippen molar-refractivity contribution in [2.45, 2.75) is 6.18 Å². The van der Waals surface area contributed by atoms with Crippen molar-refractivity contribution in [3.63, 3.8) is 0 Å². The molecule has 10 heteroatoms. The van der Waals surface area contributed by atoms with Crippen LogP contribution in [-0.2, 0) is 6.18 Å². The number of urea groups is 1. The SMILES string of the molecule is Nc1n[nH]c2cccc(-c3ccc(NC(=O)Nc4ccc(F)c(C(F)(F)F)c4)cc3)c12. The Labute approximate surface area is 173 Å². The van der Waals surface area contributed by atoms with E-state index in [1.165, 1.54) is 0 Å². The van der Waals surface area contributed by atoms with Crippen molar-refractivity contribution in [2.75, 3.05) is 16.4 Å². The summed E-state index contributed by atoms with van der Waals surface area (Å²) < 4.78 is 51.8. The molecule has 0 saturated heterocycles. The molecular formula is C21H15F4N5O. The predicted octanol–water partition coefficient (Wildman–Crippen LogP) is 5.61. The average Bonchev–Trinajstić information content (AvgIpc) is 3.10. The van der Waals surface area contributed by atoms with Crippen LogP contribution >= 0.6 is 0 Å². The van der Waals surface area contributed by atoms with Crippen molar-refractivity contribution in [2.24, 2.45) is 0 Å². The lowest BCUT2D eigenvalue weighted by atomic mass is 10.0. The van der Waals surface area contributed by atoms with Crippen molar-refractivity contribution >= 4 is 34.1 Å². The highest BCUT2D eigenvalue weighted by Gasteiger charge is 2.34. The summed E-state index contributed by atoms with van der Waals surface area (Å²) in [5.41, 5.74) is 7.16. The number of nitrogens with zero attached hydrogens (tertiary/aromatic N) is 1. The number of H-pyrrole nitrogens is 1. The molecule has 1 aromatic heterocycles. The quantitative estimate of drug-likeness (QED) is 0.319. The summed E-state index contributed by atoms with van der Waals surface area (Å²) in [7, 11) is 0. The van der Waals surface area contributed by atoms with Gasteiger partial charge in [-0.3, -0.25) is 5.10 Å². The van der Waals surface area contributed by atoms with Crippen molar-refractivity contribution in [3.05, 3.63) is 72.0 Å². The number of rotatable bonds is 3. The Morgan fingerprint density at radius 3 is 2.35 bits per heavy atom. The van der Waals surface area contributed by atoms with Gasteiger partial charge in [0.1, 0.15) is 5.82 Å². The van der Waals surface area contributed by atoms with E-state index >= 15 is 0 Å². The fourth-order valence-corrected chi connectivity index (χ4v) is 3.19. The Bertz CT molecular complexity index is 1270. The van der Waals surface area contributed by atoms with Crippen LogP contribution in [0.3, 0.4) is 0 Å². The fourth-order valence-electron chi connectivity index (χ4n) is 3.19. The van der Waals surface area contributed by atoms with Gasteiger partial charge in [0, 0.05) is 11.4 Å². The van der Waals surface area contributed by atoms with E-state index in [0.29, 0.717) is 23.6 Å². The minimum Gasteiger partial charge on any atom is -0.382 e. The van der Waals surface area contributed by atoms with Gasteiger partial charge in [-0.15, -0.1) is 0 Å². The number of hydrogen-bond donors (Lipinski definition) is 4. The Morgan fingerprint density at radius 1 is 0.968 bits per heavy atom. The molecule has 5 N–H and O–H groups in total. The number of nitrogen functional groups attached to an aromatic ring is 1. The van der Waals surface area contributed by atoms with Gasteiger partial charge in [-0.2, -0.15) is 18.3 Å². The number of hydrogen-bond acceptors (Lipinski definition) is 3. The number of aromatic nitrogens is 2. The zero-order valence-electron chi connectivity index (χ0n) is 15.7. The van der Waals surface area contributed by atoms with Gasteiger partial charge in [0.2, 0.25) is 0 Å². The molecule has 0 aliphatic rings. The molecule has 0 atom stereocenters. The van der Waals surface area contributed by atoms with Crippen molar-refractivity contribution in [1.29, 1.82) is 0 Å². The van der Waals surface area contributed by atoms with E-state index in [1.54, 1.807) is 24.3 Å². The number of carbonyl (C=O) groups is 1. The lowest BCUT2D eigenvalue weighted by molar-refractivity contribution is -0.139. The number of aromatic amines is 1. The average molecular weight is 429 g/mol. The lowest BCUT2D eigenvalue weighted by Gasteiger charge is -2.12. The summed E-state index contributed by atoms with van der Waals surface area (Å²) in [5.74, 6) is -1.05. The van der Waals surface area contributed by atoms with Gasteiger partial charge in [-0.1, -0.05) is 24.3 Å². The maximum absolute atomic E-state index is 13.4. The number of halogens is 4. The Balaban J connectivity index is 1.49. The third kappa shape index (κ3) is 4.13. The van der Waals surface area contributed by atoms with Crippen LogP contribution in [0.15, 0.2) is 60.7 Å². The molecule has 4 rings (SSSR count). The molecule has 158 valence electrons. The summed E-state index contributed by atoms with van der Waals surface area (Å²) >= 11 is 0. The number of benzene rings is 3. The largest absolute Gasteiger partial charge is 0.419 e. The van der Waals surface area contributed by atoms with Crippen LogP contribution in [0, 0.1) is 5.82 Å². The number of anilines is 3. The van der Waals surface area contributed by atoms with E-state index in [0.717, 1.165) is 28.1 Å². The molecule has 0 aliphatic carbocycles. The third-order valence-electron chi connectivity index (χ3n) is 4.60. The van der Waals surface area contributed by atoms with Crippen molar-refractivity contribution < 1.29 is 22.4 Å². The highest BCUT2D eigenvalue weighted by Crippen LogP contribution is 2.33. The third-order valence-corrected chi connectivity index (χ3v) is 4.60. The predicted molar refractivity (Wildman–Crippen MR) is 110 cm³/mol. The van der Waals surface area contributed by atoms with Crippen LogP contribution in [0.2, 0.25) is 0 Å². The van der Waals surface area contributed by atoms with E-state index in [4.69, 9.17) is 5.73 Å². The zero-order valence-corrected chi connectivity index (χ0v) is 15.7. The summed E-state index contributed by atoms with van der Waals surface area (Å²) in [5, 5.41) is 12.4. The number of nitrogens with one attached hydrogen (secondary N) is 3. The van der Waals surface area contributed by atoms with E-state index in [-0.39, 0.29) is 5.69 Å². The maximum atomic E-state index is 13.4. The first kappa shape index (κ1) is 20.2. The molecule has 0 fully saturated rings. The highest BCUT2D eigenvalue weighted by atomic mass is 19.4. The summed E-state index contributed by atoms with van der Waals surface area (Å²) in [4.78, 5) is 12.1. The molecule has 0 saturated carbocycles. The molecule has 2 amide bonds. The molecule has 0 spiro atoms. The van der Waals surface area contributed by atoms with Crippen molar-refractivity contribution in [1.82, 2.24) is 10.2 Å². The van der Waals surface area contributed by atoms with Crippen LogP contribution in [0.4, 0.5) is 39.5 Å². The van der Waals surface area contributed by atoms with Crippen LogP contribution in [0.25, 0.3) is 22.0 Å². The number of carbonyl (C=O) groups excluding carboxylic acids is 1. The van der Waals surface area contributed by atoms with E-state index < -0.39 is 23.6 Å². The first-order valence-electron chi connectivity index (χ1n) is 9.00. The smallest absolute Gasteiger partial charge is 0.382 e. The summed E-state index contributed by atoms with van der Waals surface area (Å²) in [6.45, 7) is 0. The molecule has 0 aliphatic heterocycles. The molecule has 3 aromatic carbocycles. The van der Waals surface area contributed by atoms with Gasteiger partial charge in [0.05, 0.1) is 16.5 Å². The topological polar surface area (TPSA) is 95.8 Å². The van der Waals surface area contributed by atoms with Gasteiger partial charge >= 0.3 is 12.2 Å².